The van der Waals surface area contributed by atoms with Crippen molar-refractivity contribution in [3.63, 3.8) is 0 Å². The van der Waals surface area contributed by atoms with Crippen LogP contribution in [0.1, 0.15) is 64.2 Å². The molecular formula is C17H29N3O4. The number of urea groups is 1. The molecule has 3 N–H and O–H groups in total. The number of aliphatic carboxylic acids is 1. The molecule has 2 aliphatic rings. The van der Waals surface area contributed by atoms with Crippen LogP contribution in [0, 0.1) is 0 Å². The lowest BCUT2D eigenvalue weighted by atomic mass is 9.80. The quantitative estimate of drug-likeness (QED) is 0.712. The number of carboxylic acids is 1. The van der Waals surface area contributed by atoms with E-state index in [2.05, 4.69) is 10.6 Å². The summed E-state index contributed by atoms with van der Waals surface area (Å²) in [5, 5.41) is 15.1. The second-order valence-electron chi connectivity index (χ2n) is 7.01. The van der Waals surface area contributed by atoms with Crippen LogP contribution in [0.25, 0.3) is 0 Å². The minimum Gasteiger partial charge on any atom is -0.479 e. The molecule has 0 spiro atoms. The van der Waals surface area contributed by atoms with Gasteiger partial charge in [0, 0.05) is 13.1 Å². The van der Waals surface area contributed by atoms with Crippen molar-refractivity contribution in [1.29, 1.82) is 0 Å². The normalized spacial score (nSPS) is 20.9. The second kappa shape index (κ2) is 8.35. The summed E-state index contributed by atoms with van der Waals surface area (Å²) in [6.07, 6.45) is 8.95. The van der Waals surface area contributed by atoms with Crippen molar-refractivity contribution in [1.82, 2.24) is 15.5 Å². The maximum atomic E-state index is 12.4. The smallest absolute Gasteiger partial charge is 0.329 e. The first-order chi connectivity index (χ1) is 11.5. The Labute approximate surface area is 143 Å². The van der Waals surface area contributed by atoms with Gasteiger partial charge in [-0.2, -0.15) is 0 Å². The average Bonchev–Trinajstić information content (AvgIpc) is 2.60. The first kappa shape index (κ1) is 18.5. The molecule has 0 heterocycles. The topological polar surface area (TPSA) is 98.7 Å². The molecule has 0 radical (unpaired) electrons. The highest BCUT2D eigenvalue weighted by molar-refractivity contribution is 5.89. The van der Waals surface area contributed by atoms with E-state index in [9.17, 15) is 19.5 Å². The SMILES string of the molecule is CN(C(=O)CNC(=O)NC1CCCCC1)C1(C(=O)O)CCCCC1. The molecule has 7 heteroatoms. The van der Waals surface area contributed by atoms with E-state index in [1.165, 1.54) is 18.4 Å². The van der Waals surface area contributed by atoms with Gasteiger partial charge in [-0.3, -0.25) is 4.79 Å². The van der Waals surface area contributed by atoms with Gasteiger partial charge >= 0.3 is 12.0 Å². The van der Waals surface area contributed by atoms with Gasteiger partial charge in [-0.05, 0) is 25.7 Å². The van der Waals surface area contributed by atoms with Gasteiger partial charge in [-0.15, -0.1) is 0 Å². The van der Waals surface area contributed by atoms with E-state index < -0.39 is 11.5 Å². The molecule has 2 aliphatic carbocycles. The predicted octanol–water partition coefficient (Wildman–Crippen LogP) is 1.86. The molecule has 0 saturated heterocycles. The van der Waals surface area contributed by atoms with Crippen LogP contribution in [-0.4, -0.2) is 53.1 Å². The minimum atomic E-state index is -1.13. The molecule has 2 rings (SSSR count). The molecule has 2 saturated carbocycles. The van der Waals surface area contributed by atoms with Crippen molar-refractivity contribution in [2.75, 3.05) is 13.6 Å². The van der Waals surface area contributed by atoms with Crippen molar-refractivity contribution in [2.24, 2.45) is 0 Å². The van der Waals surface area contributed by atoms with Crippen molar-refractivity contribution in [3.05, 3.63) is 0 Å². The van der Waals surface area contributed by atoms with Crippen LogP contribution in [0.2, 0.25) is 0 Å². The third kappa shape index (κ3) is 4.39. The van der Waals surface area contributed by atoms with Gasteiger partial charge in [0.2, 0.25) is 5.91 Å². The molecule has 2 fully saturated rings. The number of carbonyl (C=O) groups excluding carboxylic acids is 2. The number of likely N-dealkylation sites (N-methyl/N-ethyl adjacent to an activating group) is 1. The Morgan fingerprint density at radius 3 is 2.21 bits per heavy atom. The Hall–Kier alpha value is -1.79. The summed E-state index contributed by atoms with van der Waals surface area (Å²) in [5.74, 6) is -1.32. The van der Waals surface area contributed by atoms with Crippen LogP contribution in [0.3, 0.4) is 0 Å². The van der Waals surface area contributed by atoms with Gasteiger partial charge in [-0.25, -0.2) is 9.59 Å². The summed E-state index contributed by atoms with van der Waals surface area (Å²) >= 11 is 0. The molecule has 24 heavy (non-hydrogen) atoms. The lowest BCUT2D eigenvalue weighted by Crippen LogP contribution is -2.58. The van der Waals surface area contributed by atoms with Gasteiger partial charge in [0.1, 0.15) is 5.54 Å². The van der Waals surface area contributed by atoms with Gasteiger partial charge in [-0.1, -0.05) is 38.5 Å². The molecule has 0 atom stereocenters. The van der Waals surface area contributed by atoms with Gasteiger partial charge < -0.3 is 20.6 Å². The van der Waals surface area contributed by atoms with Gasteiger partial charge in [0.05, 0.1) is 6.54 Å². The first-order valence-corrected chi connectivity index (χ1v) is 9.00. The molecule has 136 valence electrons. The summed E-state index contributed by atoms with van der Waals surface area (Å²) in [6.45, 7) is -0.177. The summed E-state index contributed by atoms with van der Waals surface area (Å²) in [7, 11) is 1.53. The van der Waals surface area contributed by atoms with E-state index in [4.69, 9.17) is 0 Å². The third-order valence-electron chi connectivity index (χ3n) is 5.44. The number of carbonyl (C=O) groups is 3. The largest absolute Gasteiger partial charge is 0.479 e. The Balaban J connectivity index is 1.83. The van der Waals surface area contributed by atoms with Crippen LogP contribution < -0.4 is 10.6 Å². The zero-order chi connectivity index (χ0) is 17.6. The van der Waals surface area contributed by atoms with Crippen LogP contribution in [0.15, 0.2) is 0 Å². The highest BCUT2D eigenvalue weighted by Crippen LogP contribution is 2.33. The zero-order valence-electron chi connectivity index (χ0n) is 14.5. The van der Waals surface area contributed by atoms with E-state index in [0.29, 0.717) is 12.8 Å². The molecule has 3 amide bonds. The van der Waals surface area contributed by atoms with Crippen LogP contribution >= 0.6 is 0 Å². The van der Waals surface area contributed by atoms with Gasteiger partial charge in [0.25, 0.3) is 0 Å². The second-order valence-corrected chi connectivity index (χ2v) is 7.01. The highest BCUT2D eigenvalue weighted by atomic mass is 16.4. The first-order valence-electron chi connectivity index (χ1n) is 9.00. The number of hydrogen-bond acceptors (Lipinski definition) is 3. The average molecular weight is 339 g/mol. The zero-order valence-corrected chi connectivity index (χ0v) is 14.5. The van der Waals surface area contributed by atoms with Crippen molar-refractivity contribution in [3.8, 4) is 0 Å². The Bertz CT molecular complexity index is 468. The summed E-state index contributed by atoms with van der Waals surface area (Å²) < 4.78 is 0. The Morgan fingerprint density at radius 1 is 1.04 bits per heavy atom. The number of rotatable bonds is 5. The predicted molar refractivity (Wildman–Crippen MR) is 89.6 cm³/mol. The lowest BCUT2D eigenvalue weighted by molar-refractivity contribution is -0.159. The molecule has 0 aromatic carbocycles. The fraction of sp³-hybridized carbons (Fsp3) is 0.824. The maximum Gasteiger partial charge on any atom is 0.329 e. The number of hydrogen-bond donors (Lipinski definition) is 3. The molecule has 7 nitrogen and oxygen atoms in total. The van der Waals surface area contributed by atoms with Crippen LogP contribution in [0.5, 0.6) is 0 Å². The van der Waals surface area contributed by atoms with Crippen molar-refractivity contribution in [2.45, 2.75) is 75.8 Å². The molecule has 0 aliphatic heterocycles. The van der Waals surface area contributed by atoms with Crippen molar-refractivity contribution >= 4 is 17.9 Å². The molecule has 0 unspecified atom stereocenters. The van der Waals surface area contributed by atoms with Crippen molar-refractivity contribution < 1.29 is 19.5 Å². The Morgan fingerprint density at radius 2 is 1.62 bits per heavy atom. The maximum absolute atomic E-state index is 12.4. The minimum absolute atomic E-state index is 0.176. The molecular weight excluding hydrogens is 310 g/mol. The van der Waals surface area contributed by atoms with Crippen LogP contribution in [-0.2, 0) is 9.59 Å². The van der Waals surface area contributed by atoms with E-state index in [1.54, 1.807) is 0 Å². The monoisotopic (exact) mass is 339 g/mol. The molecule has 0 aromatic rings. The van der Waals surface area contributed by atoms with E-state index in [1.807, 2.05) is 0 Å². The van der Waals surface area contributed by atoms with E-state index in [-0.39, 0.29) is 24.5 Å². The number of nitrogens with zero attached hydrogens (tertiary/aromatic N) is 1. The summed E-state index contributed by atoms with van der Waals surface area (Å²) in [4.78, 5) is 37.3. The summed E-state index contributed by atoms with van der Waals surface area (Å²) in [6, 6.07) is -0.174. The summed E-state index contributed by atoms with van der Waals surface area (Å²) in [5.41, 5.74) is -1.13. The number of amides is 3. The fourth-order valence-corrected chi connectivity index (χ4v) is 3.83. The van der Waals surface area contributed by atoms with E-state index in [0.717, 1.165) is 44.9 Å². The lowest BCUT2D eigenvalue weighted by Gasteiger charge is -2.41. The number of nitrogens with one attached hydrogen (secondary N) is 2. The standard InChI is InChI=1S/C17H29N3O4/c1-20(17(15(22)23)10-6-3-7-11-17)14(21)12-18-16(24)19-13-8-4-2-5-9-13/h13H,2-12H2,1H3,(H,22,23)(H2,18,19,24). The van der Waals surface area contributed by atoms with Gasteiger partial charge in [0.15, 0.2) is 0 Å². The fourth-order valence-electron chi connectivity index (χ4n) is 3.83. The molecule has 0 aromatic heterocycles. The van der Waals surface area contributed by atoms with E-state index >= 15 is 0 Å². The third-order valence-corrected chi connectivity index (χ3v) is 5.44. The Kier molecular flexibility index (Phi) is 6.45. The van der Waals surface area contributed by atoms with Crippen LogP contribution in [0.4, 0.5) is 4.79 Å². The highest BCUT2D eigenvalue weighted by Gasteiger charge is 2.45. The molecule has 0 bridgehead atoms. The number of carboxylic acid groups (broad SMARTS) is 1.